The summed E-state index contributed by atoms with van der Waals surface area (Å²) in [5.74, 6) is 1.88. The van der Waals surface area contributed by atoms with Crippen molar-refractivity contribution in [3.63, 3.8) is 0 Å². The van der Waals surface area contributed by atoms with Crippen LogP contribution in [0.2, 0.25) is 0 Å². The van der Waals surface area contributed by atoms with Gasteiger partial charge in [0.15, 0.2) is 0 Å². The average molecular weight is 581 g/mol. The lowest BCUT2D eigenvalue weighted by atomic mass is 10.1. The first-order chi connectivity index (χ1) is 21.0. The zero-order chi connectivity index (χ0) is 30.3. The molecule has 0 saturated carbocycles. The number of rotatable bonds is 16. The molecule has 0 bridgehead atoms. The van der Waals surface area contributed by atoms with Crippen molar-refractivity contribution in [3.05, 3.63) is 127 Å². The number of nitrogens with zero attached hydrogens (tertiary/aromatic N) is 3. The molecule has 0 saturated heterocycles. The maximum absolute atomic E-state index is 11.2. The van der Waals surface area contributed by atoms with E-state index in [2.05, 4.69) is 28.4 Å². The van der Waals surface area contributed by atoms with Gasteiger partial charge in [0.05, 0.1) is 0 Å². The lowest BCUT2D eigenvalue weighted by Gasteiger charge is -2.11. The molecule has 1 heterocycles. The summed E-state index contributed by atoms with van der Waals surface area (Å²) >= 11 is 0. The molecule has 10 heteroatoms. The van der Waals surface area contributed by atoms with Crippen LogP contribution in [0.25, 0.3) is 0 Å². The van der Waals surface area contributed by atoms with Crippen LogP contribution in [0.3, 0.4) is 0 Å². The number of para-hydroxylation sites is 1. The fourth-order valence-corrected chi connectivity index (χ4v) is 3.91. The monoisotopic (exact) mass is 580 g/mol. The normalized spacial score (nSPS) is 10.3. The summed E-state index contributed by atoms with van der Waals surface area (Å²) in [4.78, 5) is 36.5. The number of anilines is 2. The second kappa shape index (κ2) is 16.1. The van der Waals surface area contributed by atoms with Crippen LogP contribution in [0, 0.1) is 0 Å². The first kappa shape index (κ1) is 30.4. The fraction of sp³-hybridized carbons (Fsp3) is 0.182. The Bertz CT molecular complexity index is 1450. The molecule has 0 atom stereocenters. The molecule has 0 amide bonds. The molecule has 4 rings (SSSR count). The highest BCUT2D eigenvalue weighted by Gasteiger charge is 2.11. The smallest absolute Gasteiger partial charge is 0.330 e. The number of aromatic nitrogens is 3. The maximum Gasteiger partial charge on any atom is 0.330 e. The Hall–Kier alpha value is -5.51. The third-order valence-corrected chi connectivity index (χ3v) is 5.81. The number of benzene rings is 3. The van der Waals surface area contributed by atoms with E-state index in [4.69, 9.17) is 23.9 Å². The van der Waals surface area contributed by atoms with Crippen LogP contribution in [0.4, 0.5) is 11.6 Å². The van der Waals surface area contributed by atoms with Gasteiger partial charge >= 0.3 is 11.9 Å². The van der Waals surface area contributed by atoms with E-state index in [1.165, 1.54) is 0 Å². The predicted octanol–water partition coefficient (Wildman–Crippen LogP) is 5.01. The highest BCUT2D eigenvalue weighted by molar-refractivity contribution is 5.81. The van der Waals surface area contributed by atoms with Gasteiger partial charge in [0.2, 0.25) is 5.95 Å². The van der Waals surface area contributed by atoms with E-state index in [1.807, 2.05) is 78.9 Å². The molecule has 1 aromatic heterocycles. The molecule has 10 nitrogen and oxygen atoms in total. The zero-order valence-corrected chi connectivity index (χ0v) is 23.6. The summed E-state index contributed by atoms with van der Waals surface area (Å²) in [6, 6.07) is 24.8. The lowest BCUT2D eigenvalue weighted by Crippen LogP contribution is -2.11. The van der Waals surface area contributed by atoms with E-state index in [1.54, 1.807) is 0 Å². The highest BCUT2D eigenvalue weighted by atomic mass is 16.6. The molecule has 0 aliphatic carbocycles. The third-order valence-electron chi connectivity index (χ3n) is 5.81. The molecule has 0 aliphatic heterocycles. The largest absolute Gasteiger partial charge is 0.490 e. The van der Waals surface area contributed by atoms with Gasteiger partial charge in [-0.05, 0) is 47.5 Å². The summed E-state index contributed by atoms with van der Waals surface area (Å²) < 4.78 is 21.4. The molecule has 0 unspecified atom stereocenters. The minimum Gasteiger partial charge on any atom is -0.490 e. The second-order valence-electron chi connectivity index (χ2n) is 9.07. The Morgan fingerprint density at radius 3 is 1.65 bits per heavy atom. The van der Waals surface area contributed by atoms with E-state index in [0.29, 0.717) is 41.9 Å². The number of nitrogens with one attached hydrogen (secondary N) is 1. The lowest BCUT2D eigenvalue weighted by molar-refractivity contribution is -0.139. The quantitative estimate of drug-likeness (QED) is 0.110. The topological polar surface area (TPSA) is 122 Å². The fourth-order valence-electron chi connectivity index (χ4n) is 3.91. The highest BCUT2D eigenvalue weighted by Crippen LogP contribution is 2.20. The molecular weight excluding hydrogens is 548 g/mol. The van der Waals surface area contributed by atoms with Crippen LogP contribution in [0.5, 0.6) is 11.5 Å². The van der Waals surface area contributed by atoms with Crippen LogP contribution >= 0.6 is 0 Å². The van der Waals surface area contributed by atoms with Crippen LogP contribution in [0.15, 0.2) is 104 Å². The van der Waals surface area contributed by atoms with Crippen molar-refractivity contribution in [2.75, 3.05) is 31.7 Å². The van der Waals surface area contributed by atoms with Gasteiger partial charge in [0, 0.05) is 30.7 Å². The first-order valence-electron chi connectivity index (χ1n) is 13.6. The molecule has 220 valence electrons. The summed E-state index contributed by atoms with van der Waals surface area (Å²) in [5, 5.41) is 3.27. The van der Waals surface area contributed by atoms with E-state index in [9.17, 15) is 9.59 Å². The first-order valence-corrected chi connectivity index (χ1v) is 13.6. The molecule has 0 aliphatic rings. The van der Waals surface area contributed by atoms with Crippen LogP contribution in [-0.2, 0) is 31.9 Å². The molecule has 1 N–H and O–H groups in total. The van der Waals surface area contributed by atoms with Gasteiger partial charge in [-0.2, -0.15) is 9.97 Å². The van der Waals surface area contributed by atoms with Crippen molar-refractivity contribution in [3.8, 4) is 11.5 Å². The van der Waals surface area contributed by atoms with Crippen molar-refractivity contribution < 1.29 is 28.5 Å². The van der Waals surface area contributed by atoms with Crippen LogP contribution in [0.1, 0.15) is 22.8 Å². The number of ether oxygens (including phenoxy) is 4. The molecular formula is C33H32N4O6. The molecule has 43 heavy (non-hydrogen) atoms. The summed E-state index contributed by atoms with van der Waals surface area (Å²) in [7, 11) is 0. The second-order valence-corrected chi connectivity index (χ2v) is 9.07. The number of esters is 2. The number of carbonyl (C=O) groups is 2. The Morgan fingerprint density at radius 1 is 0.651 bits per heavy atom. The Morgan fingerprint density at radius 2 is 1.16 bits per heavy atom. The van der Waals surface area contributed by atoms with Crippen molar-refractivity contribution >= 4 is 23.6 Å². The molecule has 0 fully saturated rings. The van der Waals surface area contributed by atoms with Crippen LogP contribution in [-0.4, -0.2) is 53.3 Å². The third kappa shape index (κ3) is 10.4. The molecule has 0 spiro atoms. The van der Waals surface area contributed by atoms with Crippen molar-refractivity contribution in [1.82, 2.24) is 15.0 Å². The van der Waals surface area contributed by atoms with Crippen molar-refractivity contribution in [1.29, 1.82) is 0 Å². The van der Waals surface area contributed by atoms with Crippen LogP contribution < -0.4 is 14.8 Å². The zero-order valence-electron chi connectivity index (χ0n) is 23.6. The van der Waals surface area contributed by atoms with Gasteiger partial charge < -0.3 is 24.3 Å². The van der Waals surface area contributed by atoms with Crippen molar-refractivity contribution in [2.45, 2.75) is 12.8 Å². The van der Waals surface area contributed by atoms with Gasteiger partial charge in [-0.15, -0.1) is 0 Å². The maximum atomic E-state index is 11.2. The van der Waals surface area contributed by atoms with E-state index in [-0.39, 0.29) is 26.4 Å². The molecule has 3 aromatic carbocycles. The summed E-state index contributed by atoms with van der Waals surface area (Å²) in [6.45, 7) is 7.42. The van der Waals surface area contributed by atoms with E-state index in [0.717, 1.165) is 29.0 Å². The van der Waals surface area contributed by atoms with Gasteiger partial charge in [0.1, 0.15) is 49.6 Å². The standard InChI is InChI=1S/C33H32N4O6/c1-3-31(38)42-18-16-40-27-14-8-10-24(20-27)22-29-35-30(37-33(36-29)34-26-12-6-5-7-13-26)23-25-11-9-15-28(21-25)41-17-19-43-32(39)4-2/h3-15,20-21H,1-2,16-19,22-23H2,(H,34,35,36,37). The Kier molecular flexibility index (Phi) is 11.4. The predicted molar refractivity (Wildman–Crippen MR) is 161 cm³/mol. The van der Waals surface area contributed by atoms with Gasteiger partial charge in [0.25, 0.3) is 0 Å². The summed E-state index contributed by atoms with van der Waals surface area (Å²) in [5.41, 5.74) is 2.73. The molecule has 0 radical (unpaired) electrons. The van der Waals surface area contributed by atoms with Gasteiger partial charge in [-0.1, -0.05) is 55.6 Å². The van der Waals surface area contributed by atoms with Gasteiger partial charge in [-0.3, -0.25) is 0 Å². The Balaban J connectivity index is 1.48. The van der Waals surface area contributed by atoms with Crippen molar-refractivity contribution in [2.24, 2.45) is 0 Å². The Labute approximate surface area is 250 Å². The number of hydrogen-bond acceptors (Lipinski definition) is 10. The van der Waals surface area contributed by atoms with E-state index < -0.39 is 11.9 Å². The molecule has 4 aromatic rings. The number of hydrogen-bond donors (Lipinski definition) is 1. The van der Waals surface area contributed by atoms with E-state index >= 15 is 0 Å². The SMILES string of the molecule is C=CC(=O)OCCOc1cccc(Cc2nc(Cc3cccc(OCCOC(=O)C=C)c3)nc(Nc3ccccc3)n2)c1. The minimum absolute atomic E-state index is 0.120. The summed E-state index contributed by atoms with van der Waals surface area (Å²) in [6.07, 6.45) is 3.10. The minimum atomic E-state index is -0.492. The van der Waals surface area contributed by atoms with Gasteiger partial charge in [-0.25, -0.2) is 14.6 Å². The number of carbonyl (C=O) groups excluding carboxylic acids is 2. The average Bonchev–Trinajstić information content (AvgIpc) is 3.02.